The summed E-state index contributed by atoms with van der Waals surface area (Å²) in [6.45, 7) is 1.98. The first kappa shape index (κ1) is 12.5. The largest absolute Gasteiger partial charge is 0.481 e. The molecule has 3 N–H and O–H groups in total. The molecule has 0 atom stereocenters. The molecule has 1 aromatic carbocycles. The highest BCUT2D eigenvalue weighted by Gasteiger charge is 1.90. The molecule has 0 fully saturated rings. The number of para-hydroxylation sites is 1. The molecule has 0 radical (unpaired) electrons. The average molecular weight is 195 g/mol. The van der Waals surface area contributed by atoms with E-state index >= 15 is 0 Å². The van der Waals surface area contributed by atoms with Crippen molar-refractivity contribution in [3.8, 4) is 0 Å². The van der Waals surface area contributed by atoms with Crippen molar-refractivity contribution in [3.05, 3.63) is 30.3 Å². The van der Waals surface area contributed by atoms with E-state index in [1.807, 2.05) is 37.3 Å². The maximum atomic E-state index is 9.76. The Morgan fingerprint density at radius 3 is 2.14 bits per heavy atom. The molecule has 0 bridgehead atoms. The second-order valence-electron chi connectivity index (χ2n) is 2.91. The Balaban J connectivity index is 0.000000241. The third-order valence-electron chi connectivity index (χ3n) is 1.54. The Morgan fingerprint density at radius 1 is 1.36 bits per heavy atom. The van der Waals surface area contributed by atoms with Crippen LogP contribution >= 0.6 is 0 Å². The first-order valence-electron chi connectivity index (χ1n) is 4.69. The third-order valence-corrected chi connectivity index (χ3v) is 1.54. The molecule has 0 saturated heterocycles. The number of carbonyl (C=O) groups is 1. The van der Waals surface area contributed by atoms with E-state index in [-0.39, 0.29) is 0 Å². The lowest BCUT2D eigenvalue weighted by Crippen LogP contribution is -1.91. The van der Waals surface area contributed by atoms with Gasteiger partial charge in [-0.25, -0.2) is 0 Å². The molecule has 0 aliphatic rings. The van der Waals surface area contributed by atoms with Crippen LogP contribution in [-0.2, 0) is 4.79 Å². The van der Waals surface area contributed by atoms with E-state index in [1.165, 1.54) is 0 Å². The predicted octanol–water partition coefficient (Wildman–Crippen LogP) is 2.53. The van der Waals surface area contributed by atoms with Crippen molar-refractivity contribution in [1.29, 1.82) is 0 Å². The van der Waals surface area contributed by atoms with E-state index in [1.54, 1.807) is 0 Å². The molecular weight excluding hydrogens is 178 g/mol. The number of carboxylic acids is 1. The Labute approximate surface area is 84.6 Å². The summed E-state index contributed by atoms with van der Waals surface area (Å²) in [5.41, 5.74) is 6.18. The van der Waals surface area contributed by atoms with E-state index < -0.39 is 5.97 Å². The molecular formula is C11H17NO2. The van der Waals surface area contributed by atoms with Gasteiger partial charge < -0.3 is 10.8 Å². The van der Waals surface area contributed by atoms with E-state index in [0.717, 1.165) is 18.5 Å². The average Bonchev–Trinajstić information content (AvgIpc) is 2.17. The second kappa shape index (κ2) is 8.10. The molecule has 0 aliphatic heterocycles. The van der Waals surface area contributed by atoms with Gasteiger partial charge in [-0.1, -0.05) is 31.5 Å². The summed E-state index contributed by atoms with van der Waals surface area (Å²) in [5.74, 6) is -0.693. The predicted molar refractivity (Wildman–Crippen MR) is 58.0 cm³/mol. The van der Waals surface area contributed by atoms with Gasteiger partial charge >= 0.3 is 5.97 Å². The van der Waals surface area contributed by atoms with Crippen LogP contribution in [0.3, 0.4) is 0 Å². The summed E-state index contributed by atoms with van der Waals surface area (Å²) in [4.78, 5) is 9.76. The molecule has 14 heavy (non-hydrogen) atoms. The fourth-order valence-corrected chi connectivity index (χ4v) is 0.781. The van der Waals surface area contributed by atoms with Gasteiger partial charge in [-0.3, -0.25) is 4.79 Å². The number of nitrogens with two attached hydrogens (primary N) is 1. The van der Waals surface area contributed by atoms with Gasteiger partial charge in [-0.05, 0) is 18.6 Å². The molecule has 0 aromatic heterocycles. The number of benzene rings is 1. The number of rotatable bonds is 3. The smallest absolute Gasteiger partial charge is 0.303 e. The van der Waals surface area contributed by atoms with Gasteiger partial charge in [0, 0.05) is 12.1 Å². The van der Waals surface area contributed by atoms with Gasteiger partial charge in [0.15, 0.2) is 0 Å². The van der Waals surface area contributed by atoms with E-state index in [9.17, 15) is 4.79 Å². The zero-order chi connectivity index (χ0) is 10.8. The van der Waals surface area contributed by atoms with Crippen molar-refractivity contribution >= 4 is 11.7 Å². The first-order valence-corrected chi connectivity index (χ1v) is 4.69. The molecule has 78 valence electrons. The van der Waals surface area contributed by atoms with Crippen LogP contribution in [0.15, 0.2) is 30.3 Å². The quantitative estimate of drug-likeness (QED) is 0.728. The third kappa shape index (κ3) is 8.59. The number of anilines is 1. The van der Waals surface area contributed by atoms with Crippen molar-refractivity contribution < 1.29 is 9.90 Å². The van der Waals surface area contributed by atoms with Crippen LogP contribution in [0.2, 0.25) is 0 Å². The SMILES string of the molecule is CCCCC(=O)O.Nc1ccccc1. The minimum absolute atomic E-state index is 0.316. The fraction of sp³-hybridized carbons (Fsp3) is 0.364. The fourth-order valence-electron chi connectivity index (χ4n) is 0.781. The Morgan fingerprint density at radius 2 is 1.93 bits per heavy atom. The number of carboxylic acid groups (broad SMARTS) is 1. The van der Waals surface area contributed by atoms with Gasteiger partial charge in [-0.15, -0.1) is 0 Å². The normalized spacial score (nSPS) is 8.64. The molecule has 0 unspecified atom stereocenters. The van der Waals surface area contributed by atoms with Gasteiger partial charge in [0.2, 0.25) is 0 Å². The molecule has 0 aliphatic carbocycles. The lowest BCUT2D eigenvalue weighted by Gasteiger charge is -1.85. The van der Waals surface area contributed by atoms with Crippen molar-refractivity contribution in [2.75, 3.05) is 5.73 Å². The van der Waals surface area contributed by atoms with Gasteiger partial charge in [0.25, 0.3) is 0 Å². The first-order chi connectivity index (χ1) is 6.66. The minimum atomic E-state index is -0.693. The summed E-state index contributed by atoms with van der Waals surface area (Å²) >= 11 is 0. The van der Waals surface area contributed by atoms with Gasteiger partial charge in [-0.2, -0.15) is 0 Å². The number of unbranched alkanes of at least 4 members (excludes halogenated alkanes) is 1. The van der Waals surface area contributed by atoms with E-state index in [0.29, 0.717) is 6.42 Å². The molecule has 0 amide bonds. The van der Waals surface area contributed by atoms with Crippen molar-refractivity contribution in [1.82, 2.24) is 0 Å². The lowest BCUT2D eigenvalue weighted by molar-refractivity contribution is -0.137. The Bertz CT molecular complexity index is 247. The zero-order valence-electron chi connectivity index (χ0n) is 8.44. The van der Waals surface area contributed by atoms with Crippen LogP contribution < -0.4 is 5.73 Å². The highest BCUT2D eigenvalue weighted by atomic mass is 16.4. The Hall–Kier alpha value is -1.51. The minimum Gasteiger partial charge on any atom is -0.481 e. The number of hydrogen-bond donors (Lipinski definition) is 2. The lowest BCUT2D eigenvalue weighted by atomic mass is 10.3. The molecule has 3 nitrogen and oxygen atoms in total. The summed E-state index contributed by atoms with van der Waals surface area (Å²) < 4.78 is 0. The van der Waals surface area contributed by atoms with Crippen LogP contribution in [0.25, 0.3) is 0 Å². The highest BCUT2D eigenvalue weighted by molar-refractivity contribution is 5.66. The summed E-state index contributed by atoms with van der Waals surface area (Å²) in [6.07, 6.45) is 2.08. The molecule has 1 rings (SSSR count). The van der Waals surface area contributed by atoms with Gasteiger partial charge in [0.1, 0.15) is 0 Å². The summed E-state index contributed by atoms with van der Waals surface area (Å²) in [6, 6.07) is 9.49. The maximum absolute atomic E-state index is 9.76. The zero-order valence-corrected chi connectivity index (χ0v) is 8.44. The number of nitrogen functional groups attached to an aromatic ring is 1. The molecule has 0 heterocycles. The summed E-state index contributed by atoms with van der Waals surface area (Å²) in [7, 11) is 0. The second-order valence-corrected chi connectivity index (χ2v) is 2.91. The topological polar surface area (TPSA) is 63.3 Å². The van der Waals surface area contributed by atoms with Crippen LogP contribution in [0, 0.1) is 0 Å². The van der Waals surface area contributed by atoms with Gasteiger partial charge in [0.05, 0.1) is 0 Å². The molecule has 1 aromatic rings. The van der Waals surface area contributed by atoms with Crippen LogP contribution in [-0.4, -0.2) is 11.1 Å². The Kier molecular flexibility index (Phi) is 7.23. The van der Waals surface area contributed by atoms with Crippen LogP contribution in [0.5, 0.6) is 0 Å². The standard InChI is InChI=1S/C6H7N.C5H10O2/c7-6-4-2-1-3-5-6;1-2-3-4-5(6)7/h1-5H,7H2;2-4H2,1H3,(H,6,7). The van der Waals surface area contributed by atoms with E-state index in [2.05, 4.69) is 0 Å². The summed E-state index contributed by atoms with van der Waals surface area (Å²) in [5, 5.41) is 8.04. The molecule has 0 saturated carbocycles. The van der Waals surface area contributed by atoms with Crippen molar-refractivity contribution in [3.63, 3.8) is 0 Å². The molecule has 0 spiro atoms. The molecule has 3 heteroatoms. The van der Waals surface area contributed by atoms with Crippen LogP contribution in [0.1, 0.15) is 26.2 Å². The van der Waals surface area contributed by atoms with Crippen molar-refractivity contribution in [2.24, 2.45) is 0 Å². The highest BCUT2D eigenvalue weighted by Crippen LogP contribution is 1.95. The number of hydrogen-bond acceptors (Lipinski definition) is 2. The number of aliphatic carboxylic acids is 1. The van der Waals surface area contributed by atoms with Crippen LogP contribution in [0.4, 0.5) is 5.69 Å². The maximum Gasteiger partial charge on any atom is 0.303 e. The van der Waals surface area contributed by atoms with Crippen molar-refractivity contribution in [2.45, 2.75) is 26.2 Å². The van der Waals surface area contributed by atoms with E-state index in [4.69, 9.17) is 10.8 Å². The monoisotopic (exact) mass is 195 g/mol.